The number of rotatable bonds is 4. The molecule has 6 aromatic rings. The van der Waals surface area contributed by atoms with Crippen molar-refractivity contribution in [2.45, 2.75) is 6.92 Å². The van der Waals surface area contributed by atoms with Crippen molar-refractivity contribution in [2.24, 2.45) is 0 Å². The van der Waals surface area contributed by atoms with E-state index in [1.165, 1.54) is 18.2 Å². The van der Waals surface area contributed by atoms with Gasteiger partial charge in [0.05, 0.1) is 15.2 Å². The number of thiazole rings is 1. The fourth-order valence-electron chi connectivity index (χ4n) is 4.29. The van der Waals surface area contributed by atoms with Crippen LogP contribution in [0.4, 0.5) is 26.4 Å². The van der Waals surface area contributed by atoms with Crippen molar-refractivity contribution in [2.75, 3.05) is 16.4 Å². The zero-order chi connectivity index (χ0) is 25.5. The van der Waals surface area contributed by atoms with Gasteiger partial charge in [0.1, 0.15) is 11.6 Å². The number of benzene rings is 3. The quantitative estimate of drug-likeness (QED) is 0.218. The average Bonchev–Trinajstić information content (AvgIpc) is 3.48. The maximum absolute atomic E-state index is 13.4. The van der Waals surface area contributed by atoms with E-state index in [4.69, 9.17) is 5.73 Å². The number of nitrogen functional groups attached to an aromatic ring is 1. The Hall–Kier alpha value is -4.34. The van der Waals surface area contributed by atoms with Crippen LogP contribution in [0.15, 0.2) is 78.3 Å². The number of thiophene rings is 1. The number of anilines is 3. The van der Waals surface area contributed by atoms with Crippen LogP contribution in [0, 0.1) is 12.7 Å². The fraction of sp³-hybridized carbons (Fsp3) is 0.0357. The van der Waals surface area contributed by atoms with Crippen molar-refractivity contribution in [3.8, 4) is 22.3 Å². The average molecular weight is 526 g/mol. The molecule has 6 nitrogen and oxygen atoms in total. The van der Waals surface area contributed by atoms with Crippen molar-refractivity contribution >= 4 is 66.2 Å². The molecule has 0 radical (unpaired) electrons. The zero-order valence-corrected chi connectivity index (χ0v) is 21.2. The van der Waals surface area contributed by atoms with Crippen LogP contribution < -0.4 is 16.4 Å². The Morgan fingerprint density at radius 1 is 0.946 bits per heavy atom. The lowest BCUT2D eigenvalue weighted by molar-refractivity contribution is 0.262. The first-order valence-electron chi connectivity index (χ1n) is 11.4. The van der Waals surface area contributed by atoms with Crippen molar-refractivity contribution in [3.05, 3.63) is 89.1 Å². The van der Waals surface area contributed by atoms with E-state index in [2.05, 4.69) is 44.2 Å². The molecule has 0 unspecified atom stereocenters. The van der Waals surface area contributed by atoms with Crippen LogP contribution in [0.2, 0.25) is 0 Å². The van der Waals surface area contributed by atoms with E-state index in [-0.39, 0.29) is 0 Å². The molecule has 0 fully saturated rings. The Kier molecular flexibility index (Phi) is 5.78. The van der Waals surface area contributed by atoms with Gasteiger partial charge in [-0.2, -0.15) is 0 Å². The van der Waals surface area contributed by atoms with Crippen molar-refractivity contribution in [1.29, 1.82) is 0 Å². The van der Waals surface area contributed by atoms with Gasteiger partial charge in [-0.25, -0.2) is 19.2 Å². The molecule has 0 aliphatic rings. The molecule has 4 N–H and O–H groups in total. The number of carbonyl (C=O) groups is 1. The summed E-state index contributed by atoms with van der Waals surface area (Å²) in [5, 5.41) is 9.41. The van der Waals surface area contributed by atoms with E-state index in [1.807, 2.05) is 37.4 Å². The van der Waals surface area contributed by atoms with Crippen molar-refractivity contribution in [3.63, 3.8) is 0 Å². The molecule has 182 valence electrons. The van der Waals surface area contributed by atoms with Crippen molar-refractivity contribution in [1.82, 2.24) is 9.97 Å². The molecular weight excluding hydrogens is 505 g/mol. The van der Waals surface area contributed by atoms with Gasteiger partial charge in [-0.3, -0.25) is 0 Å². The maximum atomic E-state index is 13.4. The first-order valence-corrected chi connectivity index (χ1v) is 13.1. The van der Waals surface area contributed by atoms with E-state index >= 15 is 0 Å². The highest BCUT2D eigenvalue weighted by atomic mass is 32.1. The molecule has 3 aromatic carbocycles. The second kappa shape index (κ2) is 9.27. The van der Waals surface area contributed by atoms with Crippen LogP contribution in [0.5, 0.6) is 0 Å². The third kappa shape index (κ3) is 4.50. The topological polar surface area (TPSA) is 92.9 Å². The number of aryl methyl sites for hydroxylation is 1. The van der Waals surface area contributed by atoms with Crippen LogP contribution in [-0.2, 0) is 0 Å². The van der Waals surface area contributed by atoms with Gasteiger partial charge in [0, 0.05) is 38.8 Å². The number of aromatic nitrogens is 2. The largest absolute Gasteiger partial charge is 0.383 e. The molecule has 9 heteroatoms. The lowest BCUT2D eigenvalue weighted by atomic mass is 10.0. The first kappa shape index (κ1) is 23.1. The monoisotopic (exact) mass is 525 g/mol. The van der Waals surface area contributed by atoms with Crippen LogP contribution in [0.1, 0.15) is 5.01 Å². The second-order valence-electron chi connectivity index (χ2n) is 8.49. The summed E-state index contributed by atoms with van der Waals surface area (Å²) in [4.78, 5) is 21.4. The smallest absolute Gasteiger partial charge is 0.323 e. The summed E-state index contributed by atoms with van der Waals surface area (Å²) in [5.74, 6) is 0.0538. The molecule has 3 aromatic heterocycles. The minimum atomic E-state index is -0.454. The number of hydrogen-bond acceptors (Lipinski definition) is 6. The highest BCUT2D eigenvalue weighted by Crippen LogP contribution is 2.42. The number of nitrogens with one attached hydrogen (secondary N) is 2. The van der Waals surface area contributed by atoms with E-state index < -0.39 is 11.8 Å². The minimum Gasteiger partial charge on any atom is -0.383 e. The second-order valence-corrected chi connectivity index (χ2v) is 10.6. The standard InChI is InChI=1S/C28H20FN5OS2/c1-15-32-23-11-17(7-10-24(23)37-15)21-13-31-27(30)25-22(14-36-26(21)25)16-5-8-19(9-6-16)33-28(35)34-20-4-2-3-18(29)12-20/h2-14H,1H3,(H2,30,31)(H2,33,34,35). The number of nitrogens with zero attached hydrogens (tertiary/aromatic N) is 2. The van der Waals surface area contributed by atoms with Gasteiger partial charge in [-0.15, -0.1) is 22.7 Å². The molecule has 0 saturated heterocycles. The molecular formula is C28H20FN5OS2. The number of hydrogen-bond donors (Lipinski definition) is 3. The zero-order valence-electron chi connectivity index (χ0n) is 19.6. The third-order valence-electron chi connectivity index (χ3n) is 5.97. The number of amides is 2. The molecule has 0 saturated carbocycles. The van der Waals surface area contributed by atoms with E-state index in [0.29, 0.717) is 17.2 Å². The van der Waals surface area contributed by atoms with Crippen molar-refractivity contribution < 1.29 is 9.18 Å². The summed E-state index contributed by atoms with van der Waals surface area (Å²) in [6, 6.07) is 19.1. The SMILES string of the molecule is Cc1nc2cc(-c3cnc(N)c4c(-c5ccc(NC(=O)Nc6cccc(F)c6)cc5)csc34)ccc2s1. The van der Waals surface area contributed by atoms with Crippen LogP contribution in [0.25, 0.3) is 42.6 Å². The van der Waals surface area contributed by atoms with Crippen LogP contribution in [-0.4, -0.2) is 16.0 Å². The predicted molar refractivity (Wildman–Crippen MR) is 152 cm³/mol. The Morgan fingerprint density at radius 3 is 2.54 bits per heavy atom. The Morgan fingerprint density at radius 2 is 1.73 bits per heavy atom. The molecule has 0 aliphatic heterocycles. The summed E-state index contributed by atoms with van der Waals surface area (Å²) in [7, 11) is 0. The molecule has 0 aliphatic carbocycles. The number of nitrogens with two attached hydrogens (primary N) is 1. The Labute approximate surface area is 219 Å². The summed E-state index contributed by atoms with van der Waals surface area (Å²) in [5.41, 5.74) is 12.3. The normalized spacial score (nSPS) is 11.2. The summed E-state index contributed by atoms with van der Waals surface area (Å²) in [6.45, 7) is 2.01. The van der Waals surface area contributed by atoms with E-state index in [1.54, 1.807) is 28.7 Å². The molecule has 3 heterocycles. The number of halogens is 1. The van der Waals surface area contributed by atoms with Gasteiger partial charge in [0.2, 0.25) is 0 Å². The lowest BCUT2D eigenvalue weighted by Crippen LogP contribution is -2.19. The van der Waals surface area contributed by atoms with Gasteiger partial charge >= 0.3 is 6.03 Å². The summed E-state index contributed by atoms with van der Waals surface area (Å²) < 4.78 is 15.6. The molecule has 6 rings (SSSR count). The molecule has 0 bridgehead atoms. The van der Waals surface area contributed by atoms with Crippen LogP contribution >= 0.6 is 22.7 Å². The summed E-state index contributed by atoms with van der Waals surface area (Å²) >= 11 is 3.30. The highest BCUT2D eigenvalue weighted by molar-refractivity contribution is 7.19. The van der Waals surface area contributed by atoms with Gasteiger partial charge in [-0.1, -0.05) is 24.3 Å². The van der Waals surface area contributed by atoms with Gasteiger partial charge in [0.15, 0.2) is 0 Å². The fourth-order valence-corrected chi connectivity index (χ4v) is 6.22. The number of pyridine rings is 1. The Bertz CT molecular complexity index is 1790. The van der Waals surface area contributed by atoms with Crippen LogP contribution in [0.3, 0.4) is 0 Å². The van der Waals surface area contributed by atoms with Gasteiger partial charge in [0.25, 0.3) is 0 Å². The highest BCUT2D eigenvalue weighted by Gasteiger charge is 2.16. The molecule has 0 spiro atoms. The number of urea groups is 1. The number of fused-ring (bicyclic) bond motifs is 2. The predicted octanol–water partition coefficient (Wildman–Crippen LogP) is 7.91. The molecule has 2 amide bonds. The third-order valence-corrected chi connectivity index (χ3v) is 7.93. The maximum Gasteiger partial charge on any atom is 0.323 e. The van der Waals surface area contributed by atoms with E-state index in [9.17, 15) is 9.18 Å². The molecule has 0 atom stereocenters. The van der Waals surface area contributed by atoms with Gasteiger partial charge in [-0.05, 0) is 65.9 Å². The summed E-state index contributed by atoms with van der Waals surface area (Å²) in [6.07, 6.45) is 1.82. The van der Waals surface area contributed by atoms with E-state index in [0.717, 1.165) is 47.6 Å². The first-order chi connectivity index (χ1) is 17.9. The molecule has 37 heavy (non-hydrogen) atoms. The lowest BCUT2D eigenvalue weighted by Gasteiger charge is -2.09. The van der Waals surface area contributed by atoms with Gasteiger partial charge < -0.3 is 16.4 Å². The minimum absolute atomic E-state index is 0.377. The number of carbonyl (C=O) groups excluding carboxylic acids is 1. The Balaban J connectivity index is 1.29.